The van der Waals surface area contributed by atoms with Crippen LogP contribution in [0.2, 0.25) is 0 Å². The van der Waals surface area contributed by atoms with E-state index in [2.05, 4.69) is 27.7 Å². The molecular formula is C22H30N4O3S. The first-order valence-electron chi connectivity index (χ1n) is 10.7. The molecule has 2 fully saturated rings. The molecule has 2 saturated heterocycles. The molecule has 0 atom stereocenters. The number of piperazine rings is 1. The monoisotopic (exact) mass is 430 g/mol. The Hall–Kier alpha value is -2.32. The first-order chi connectivity index (χ1) is 14.6. The van der Waals surface area contributed by atoms with Gasteiger partial charge < -0.3 is 19.5 Å². The average Bonchev–Trinajstić information content (AvgIpc) is 3.44. The summed E-state index contributed by atoms with van der Waals surface area (Å²) in [5.74, 6) is 1.54. The van der Waals surface area contributed by atoms with Crippen molar-refractivity contribution in [2.75, 3.05) is 45.8 Å². The van der Waals surface area contributed by atoms with Crippen molar-refractivity contribution in [2.45, 2.75) is 26.3 Å². The van der Waals surface area contributed by atoms with Crippen LogP contribution in [-0.4, -0.2) is 72.5 Å². The van der Waals surface area contributed by atoms with Gasteiger partial charge in [-0.2, -0.15) is 0 Å². The lowest BCUT2D eigenvalue weighted by atomic mass is 9.97. The Morgan fingerprint density at radius 3 is 2.43 bits per heavy atom. The number of nitrogens with zero attached hydrogens (tertiary/aromatic N) is 3. The number of hydrogen-bond donors (Lipinski definition) is 1. The van der Waals surface area contributed by atoms with Crippen LogP contribution in [-0.2, 0) is 6.54 Å². The SMILES string of the molecule is Cc1ccc(C(=O)N2CCN(C(=O)NCC3CCN(Cc4cccs4)CC3)CC2)o1. The molecule has 0 unspecified atom stereocenters. The molecule has 7 nitrogen and oxygen atoms in total. The molecule has 0 saturated carbocycles. The van der Waals surface area contributed by atoms with E-state index < -0.39 is 0 Å². The molecule has 0 bridgehead atoms. The highest BCUT2D eigenvalue weighted by Crippen LogP contribution is 2.20. The third-order valence-corrected chi connectivity index (χ3v) is 6.88. The van der Waals surface area contributed by atoms with E-state index in [1.807, 2.05) is 23.2 Å². The number of piperidine rings is 1. The van der Waals surface area contributed by atoms with Crippen LogP contribution in [0.3, 0.4) is 0 Å². The molecule has 4 heterocycles. The zero-order chi connectivity index (χ0) is 20.9. The lowest BCUT2D eigenvalue weighted by Gasteiger charge is -2.35. The molecule has 1 N–H and O–H groups in total. The molecule has 30 heavy (non-hydrogen) atoms. The number of likely N-dealkylation sites (tertiary alicyclic amines) is 1. The van der Waals surface area contributed by atoms with Crippen LogP contribution in [0.25, 0.3) is 0 Å². The van der Waals surface area contributed by atoms with E-state index in [9.17, 15) is 9.59 Å². The van der Waals surface area contributed by atoms with Crippen molar-refractivity contribution in [3.05, 3.63) is 46.0 Å². The Balaban J connectivity index is 1.15. The van der Waals surface area contributed by atoms with E-state index >= 15 is 0 Å². The fraction of sp³-hybridized carbons (Fsp3) is 0.545. The molecule has 0 aliphatic carbocycles. The molecule has 2 aromatic rings. The summed E-state index contributed by atoms with van der Waals surface area (Å²) in [4.78, 5) is 32.5. The maximum Gasteiger partial charge on any atom is 0.317 e. The van der Waals surface area contributed by atoms with Gasteiger partial charge in [-0.1, -0.05) is 6.07 Å². The van der Waals surface area contributed by atoms with Crippen LogP contribution in [0.1, 0.15) is 34.0 Å². The van der Waals surface area contributed by atoms with Crippen molar-refractivity contribution in [3.63, 3.8) is 0 Å². The van der Waals surface area contributed by atoms with Gasteiger partial charge in [-0.25, -0.2) is 4.79 Å². The number of aryl methyl sites for hydroxylation is 1. The van der Waals surface area contributed by atoms with Crippen molar-refractivity contribution in [1.82, 2.24) is 20.0 Å². The van der Waals surface area contributed by atoms with Crippen LogP contribution in [0.5, 0.6) is 0 Å². The average molecular weight is 431 g/mol. The van der Waals surface area contributed by atoms with Gasteiger partial charge in [-0.3, -0.25) is 9.69 Å². The topological polar surface area (TPSA) is 69.0 Å². The summed E-state index contributed by atoms with van der Waals surface area (Å²) in [5.41, 5.74) is 0. The third-order valence-electron chi connectivity index (χ3n) is 6.01. The van der Waals surface area contributed by atoms with E-state index in [0.717, 1.165) is 44.8 Å². The molecular weight excluding hydrogens is 400 g/mol. The Morgan fingerprint density at radius 2 is 1.80 bits per heavy atom. The first kappa shape index (κ1) is 20.9. The Labute approximate surface area is 181 Å². The van der Waals surface area contributed by atoms with Crippen molar-refractivity contribution >= 4 is 23.3 Å². The minimum Gasteiger partial charge on any atom is -0.456 e. The number of nitrogens with one attached hydrogen (secondary N) is 1. The highest BCUT2D eigenvalue weighted by Gasteiger charge is 2.27. The second-order valence-electron chi connectivity index (χ2n) is 8.17. The summed E-state index contributed by atoms with van der Waals surface area (Å²) in [6.07, 6.45) is 2.24. The number of thiophene rings is 1. The van der Waals surface area contributed by atoms with Gasteiger partial charge in [0.1, 0.15) is 5.76 Å². The van der Waals surface area contributed by atoms with Gasteiger partial charge in [0.15, 0.2) is 5.76 Å². The van der Waals surface area contributed by atoms with Crippen LogP contribution >= 0.6 is 11.3 Å². The van der Waals surface area contributed by atoms with Crippen LogP contribution in [0.4, 0.5) is 4.79 Å². The second-order valence-corrected chi connectivity index (χ2v) is 9.21. The van der Waals surface area contributed by atoms with Gasteiger partial charge in [-0.15, -0.1) is 11.3 Å². The number of carbonyl (C=O) groups is 2. The summed E-state index contributed by atoms with van der Waals surface area (Å²) >= 11 is 1.82. The quantitative estimate of drug-likeness (QED) is 0.792. The van der Waals surface area contributed by atoms with E-state index in [0.29, 0.717) is 37.9 Å². The predicted molar refractivity (Wildman–Crippen MR) is 117 cm³/mol. The number of hydrogen-bond acceptors (Lipinski definition) is 5. The van der Waals surface area contributed by atoms with Crippen LogP contribution in [0, 0.1) is 12.8 Å². The van der Waals surface area contributed by atoms with Gasteiger partial charge >= 0.3 is 6.03 Å². The molecule has 0 spiro atoms. The van der Waals surface area contributed by atoms with E-state index in [1.54, 1.807) is 17.0 Å². The zero-order valence-electron chi connectivity index (χ0n) is 17.5. The van der Waals surface area contributed by atoms with Crippen molar-refractivity contribution in [1.29, 1.82) is 0 Å². The van der Waals surface area contributed by atoms with Gasteiger partial charge in [0, 0.05) is 44.1 Å². The van der Waals surface area contributed by atoms with Gasteiger partial charge in [0.05, 0.1) is 0 Å². The summed E-state index contributed by atoms with van der Waals surface area (Å²) in [5, 5.41) is 5.24. The lowest BCUT2D eigenvalue weighted by Crippen LogP contribution is -2.53. The summed E-state index contributed by atoms with van der Waals surface area (Å²) in [7, 11) is 0. The third kappa shape index (κ3) is 5.23. The van der Waals surface area contributed by atoms with Gasteiger partial charge in [0.25, 0.3) is 5.91 Å². The van der Waals surface area contributed by atoms with Crippen LogP contribution < -0.4 is 5.32 Å². The molecule has 2 aliphatic heterocycles. The maximum atomic E-state index is 12.6. The highest BCUT2D eigenvalue weighted by atomic mass is 32.1. The minimum absolute atomic E-state index is 0.0167. The smallest absolute Gasteiger partial charge is 0.317 e. The second kappa shape index (κ2) is 9.66. The molecule has 162 valence electrons. The molecule has 2 aromatic heterocycles. The molecule has 0 radical (unpaired) electrons. The molecule has 0 aromatic carbocycles. The highest BCUT2D eigenvalue weighted by molar-refractivity contribution is 7.09. The maximum absolute atomic E-state index is 12.6. The van der Waals surface area contributed by atoms with E-state index in [-0.39, 0.29) is 11.9 Å². The number of carbonyl (C=O) groups excluding carboxylic acids is 2. The lowest BCUT2D eigenvalue weighted by molar-refractivity contribution is 0.0631. The van der Waals surface area contributed by atoms with Crippen LogP contribution in [0.15, 0.2) is 34.1 Å². The minimum atomic E-state index is -0.0996. The first-order valence-corrected chi connectivity index (χ1v) is 11.6. The molecule has 4 rings (SSSR count). The van der Waals surface area contributed by atoms with E-state index in [1.165, 1.54) is 4.88 Å². The van der Waals surface area contributed by atoms with Gasteiger partial charge in [0.2, 0.25) is 0 Å². The number of amides is 3. The standard InChI is InChI=1S/C22H30N4O3S/c1-17-4-5-20(29-17)21(27)25-10-12-26(13-11-25)22(28)23-15-18-6-8-24(9-7-18)16-19-3-2-14-30-19/h2-5,14,18H,6-13,15-16H2,1H3,(H,23,28). The van der Waals surface area contributed by atoms with Crippen molar-refractivity contribution in [3.8, 4) is 0 Å². The summed E-state index contributed by atoms with van der Waals surface area (Å²) in [6.45, 7) is 7.95. The van der Waals surface area contributed by atoms with Crippen molar-refractivity contribution < 1.29 is 14.0 Å². The Morgan fingerprint density at radius 1 is 1.07 bits per heavy atom. The zero-order valence-corrected chi connectivity index (χ0v) is 18.3. The van der Waals surface area contributed by atoms with E-state index in [4.69, 9.17) is 4.42 Å². The summed E-state index contributed by atoms with van der Waals surface area (Å²) < 4.78 is 5.43. The Kier molecular flexibility index (Phi) is 6.74. The fourth-order valence-electron chi connectivity index (χ4n) is 4.13. The van der Waals surface area contributed by atoms with Gasteiger partial charge in [-0.05, 0) is 62.4 Å². The van der Waals surface area contributed by atoms with Crippen molar-refractivity contribution in [2.24, 2.45) is 5.92 Å². The predicted octanol–water partition coefficient (Wildman–Crippen LogP) is 3.03. The number of urea groups is 1. The molecule has 3 amide bonds. The molecule has 8 heteroatoms. The Bertz CT molecular complexity index is 834. The fourth-order valence-corrected chi connectivity index (χ4v) is 4.88. The largest absolute Gasteiger partial charge is 0.456 e. The molecule has 2 aliphatic rings. The number of rotatable bonds is 5. The normalized spacial score (nSPS) is 18.6. The summed E-state index contributed by atoms with van der Waals surface area (Å²) in [6, 6.07) is 7.79. The number of furan rings is 1.